The lowest BCUT2D eigenvalue weighted by atomic mass is 10.1. The largest absolute Gasteiger partial charge is 0.463 e. The van der Waals surface area contributed by atoms with Gasteiger partial charge in [-0.1, -0.05) is 23.7 Å². The number of halogens is 2. The van der Waals surface area contributed by atoms with Crippen LogP contribution in [0, 0.1) is 15.9 Å². The van der Waals surface area contributed by atoms with E-state index in [9.17, 15) is 19.3 Å². The monoisotopic (exact) mass is 436 g/mol. The highest BCUT2D eigenvalue weighted by atomic mass is 35.5. The molecule has 1 amide bonds. The van der Waals surface area contributed by atoms with Gasteiger partial charge in [0, 0.05) is 37.8 Å². The number of nitro groups is 1. The summed E-state index contributed by atoms with van der Waals surface area (Å²) in [5.74, 6) is -0.791. The maximum Gasteiger partial charge on any atom is 0.332 e. The van der Waals surface area contributed by atoms with E-state index in [0.717, 1.165) is 11.6 Å². The molecule has 0 radical (unpaired) electrons. The Balaban J connectivity index is 1.60. The van der Waals surface area contributed by atoms with E-state index in [1.165, 1.54) is 18.3 Å². The van der Waals surface area contributed by atoms with E-state index >= 15 is 0 Å². The molecule has 0 spiro atoms. The second-order valence-corrected chi connectivity index (χ2v) is 7.76. The number of nitrogens with zero attached hydrogens (tertiary/aromatic N) is 4. The van der Waals surface area contributed by atoms with Gasteiger partial charge in [0.15, 0.2) is 6.61 Å². The Hall–Kier alpha value is -2.78. The lowest BCUT2D eigenvalue weighted by Crippen LogP contribution is -2.58. The van der Waals surface area contributed by atoms with Crippen LogP contribution < -0.4 is 4.74 Å². The predicted octanol–water partition coefficient (Wildman–Crippen LogP) is 3.28. The van der Waals surface area contributed by atoms with E-state index in [1.807, 2.05) is 13.8 Å². The summed E-state index contributed by atoms with van der Waals surface area (Å²) >= 11 is 5.74. The van der Waals surface area contributed by atoms with E-state index in [2.05, 4.69) is 9.88 Å². The van der Waals surface area contributed by atoms with Crippen molar-refractivity contribution >= 4 is 23.2 Å². The third kappa shape index (κ3) is 5.22. The molecule has 1 fully saturated rings. The SMILES string of the molecule is CC1CN(C(=O)COc2ncc(Cl)cc2[N+](=O)[O-])C(C)CN1Cc1ccc(F)cc1. The van der Waals surface area contributed by atoms with E-state index in [-0.39, 0.29) is 47.0 Å². The second-order valence-electron chi connectivity index (χ2n) is 7.32. The molecule has 2 heterocycles. The van der Waals surface area contributed by atoms with Gasteiger partial charge < -0.3 is 9.64 Å². The fraction of sp³-hybridized carbons (Fsp3) is 0.400. The van der Waals surface area contributed by atoms with Crippen molar-refractivity contribution in [3.63, 3.8) is 0 Å². The second kappa shape index (κ2) is 9.36. The number of carbonyl (C=O) groups is 1. The number of hydrogen-bond acceptors (Lipinski definition) is 6. The summed E-state index contributed by atoms with van der Waals surface area (Å²) in [6, 6.07) is 7.51. The Kier molecular flexibility index (Phi) is 6.84. The molecule has 8 nitrogen and oxygen atoms in total. The molecule has 0 aliphatic carbocycles. The number of ether oxygens (including phenoxy) is 1. The van der Waals surface area contributed by atoms with Crippen LogP contribution in [0.1, 0.15) is 19.4 Å². The smallest absolute Gasteiger partial charge is 0.332 e. The molecule has 0 bridgehead atoms. The first-order valence-corrected chi connectivity index (χ1v) is 9.83. The van der Waals surface area contributed by atoms with Crippen LogP contribution in [0.3, 0.4) is 0 Å². The molecular formula is C20H22ClFN4O4. The fourth-order valence-corrected chi connectivity index (χ4v) is 3.61. The lowest BCUT2D eigenvalue weighted by Gasteiger charge is -2.44. The van der Waals surface area contributed by atoms with Crippen molar-refractivity contribution < 1.29 is 18.8 Å². The zero-order valence-electron chi connectivity index (χ0n) is 16.6. The molecule has 30 heavy (non-hydrogen) atoms. The molecule has 10 heteroatoms. The average molecular weight is 437 g/mol. The summed E-state index contributed by atoms with van der Waals surface area (Å²) in [6.45, 7) is 5.38. The first-order chi connectivity index (χ1) is 14.2. The van der Waals surface area contributed by atoms with Crippen LogP contribution in [0.4, 0.5) is 10.1 Å². The molecule has 2 unspecified atom stereocenters. The van der Waals surface area contributed by atoms with E-state index in [0.29, 0.717) is 19.6 Å². The predicted molar refractivity (Wildman–Crippen MR) is 109 cm³/mol. The van der Waals surface area contributed by atoms with Gasteiger partial charge in [-0.25, -0.2) is 9.37 Å². The lowest BCUT2D eigenvalue weighted by molar-refractivity contribution is -0.386. The molecule has 1 saturated heterocycles. The van der Waals surface area contributed by atoms with Crippen molar-refractivity contribution in [2.75, 3.05) is 19.7 Å². The van der Waals surface area contributed by atoms with Crippen molar-refractivity contribution in [1.82, 2.24) is 14.8 Å². The normalized spacial score (nSPS) is 19.5. The number of benzene rings is 1. The Morgan fingerprint density at radius 2 is 2.00 bits per heavy atom. The van der Waals surface area contributed by atoms with Crippen LogP contribution in [-0.2, 0) is 11.3 Å². The molecule has 1 aliphatic rings. The maximum absolute atomic E-state index is 13.1. The number of piperazine rings is 1. The van der Waals surface area contributed by atoms with Gasteiger partial charge in [-0.2, -0.15) is 0 Å². The van der Waals surface area contributed by atoms with Gasteiger partial charge in [0.05, 0.1) is 16.1 Å². The van der Waals surface area contributed by atoms with Crippen LogP contribution in [0.5, 0.6) is 5.88 Å². The topological polar surface area (TPSA) is 88.8 Å². The van der Waals surface area contributed by atoms with Crippen LogP contribution in [-0.4, -0.2) is 57.4 Å². The van der Waals surface area contributed by atoms with Crippen molar-refractivity contribution in [2.24, 2.45) is 0 Å². The summed E-state index contributed by atoms with van der Waals surface area (Å²) in [7, 11) is 0. The molecule has 0 N–H and O–H groups in total. The molecule has 2 atom stereocenters. The summed E-state index contributed by atoms with van der Waals surface area (Å²) < 4.78 is 18.4. The van der Waals surface area contributed by atoms with Gasteiger partial charge in [-0.15, -0.1) is 0 Å². The minimum atomic E-state index is -0.655. The third-order valence-electron chi connectivity index (χ3n) is 5.06. The van der Waals surface area contributed by atoms with Crippen LogP contribution in [0.2, 0.25) is 5.02 Å². The molecular weight excluding hydrogens is 415 g/mol. The molecule has 1 aliphatic heterocycles. The summed E-state index contributed by atoms with van der Waals surface area (Å²) in [6.07, 6.45) is 1.23. The number of aromatic nitrogens is 1. The van der Waals surface area contributed by atoms with Gasteiger partial charge in [-0.05, 0) is 31.5 Å². The Labute approximate surface area is 178 Å². The summed E-state index contributed by atoms with van der Waals surface area (Å²) in [5.41, 5.74) is 0.612. The van der Waals surface area contributed by atoms with E-state index < -0.39 is 4.92 Å². The summed E-state index contributed by atoms with van der Waals surface area (Å²) in [4.78, 5) is 30.9. The summed E-state index contributed by atoms with van der Waals surface area (Å²) in [5, 5.41) is 11.2. The molecule has 1 aromatic carbocycles. The first-order valence-electron chi connectivity index (χ1n) is 9.45. The number of rotatable bonds is 6. The number of carbonyl (C=O) groups excluding carboxylic acids is 1. The molecule has 3 rings (SSSR count). The number of amides is 1. The van der Waals surface area contributed by atoms with E-state index in [1.54, 1.807) is 17.0 Å². The van der Waals surface area contributed by atoms with Crippen LogP contribution >= 0.6 is 11.6 Å². The van der Waals surface area contributed by atoms with Gasteiger partial charge in [-0.3, -0.25) is 19.8 Å². The molecule has 160 valence electrons. The van der Waals surface area contributed by atoms with Crippen LogP contribution in [0.15, 0.2) is 36.5 Å². The fourth-order valence-electron chi connectivity index (χ4n) is 3.46. The Bertz CT molecular complexity index is 928. The minimum Gasteiger partial charge on any atom is -0.463 e. The highest BCUT2D eigenvalue weighted by molar-refractivity contribution is 6.30. The quantitative estimate of drug-likeness (QED) is 0.510. The highest BCUT2D eigenvalue weighted by Crippen LogP contribution is 2.27. The maximum atomic E-state index is 13.1. The average Bonchev–Trinajstić information content (AvgIpc) is 2.70. The van der Waals surface area contributed by atoms with Gasteiger partial charge in [0.25, 0.3) is 11.8 Å². The molecule has 2 aromatic rings. The van der Waals surface area contributed by atoms with Gasteiger partial charge in [0.2, 0.25) is 0 Å². The number of hydrogen-bond donors (Lipinski definition) is 0. The molecule has 0 saturated carbocycles. The third-order valence-corrected chi connectivity index (χ3v) is 5.27. The van der Waals surface area contributed by atoms with Crippen molar-refractivity contribution in [2.45, 2.75) is 32.5 Å². The highest BCUT2D eigenvalue weighted by Gasteiger charge is 2.32. The van der Waals surface area contributed by atoms with Gasteiger partial charge in [0.1, 0.15) is 5.82 Å². The molecule has 1 aromatic heterocycles. The zero-order valence-corrected chi connectivity index (χ0v) is 17.4. The van der Waals surface area contributed by atoms with Crippen molar-refractivity contribution in [3.05, 3.63) is 63.0 Å². The van der Waals surface area contributed by atoms with Crippen LogP contribution in [0.25, 0.3) is 0 Å². The van der Waals surface area contributed by atoms with Crippen molar-refractivity contribution in [3.8, 4) is 5.88 Å². The Morgan fingerprint density at radius 3 is 2.67 bits per heavy atom. The zero-order chi connectivity index (χ0) is 21.8. The Morgan fingerprint density at radius 1 is 1.30 bits per heavy atom. The van der Waals surface area contributed by atoms with E-state index in [4.69, 9.17) is 16.3 Å². The first kappa shape index (κ1) is 21.9. The van der Waals surface area contributed by atoms with Gasteiger partial charge >= 0.3 is 5.69 Å². The standard InChI is InChI=1S/C20H22ClFN4O4/c1-13-10-25(14(2)9-24(13)11-15-3-5-17(22)6-4-15)19(27)12-30-20-18(26(28)29)7-16(21)8-23-20/h3-8,13-14H,9-12H2,1-2H3. The van der Waals surface area contributed by atoms with Crippen molar-refractivity contribution in [1.29, 1.82) is 0 Å². The minimum absolute atomic E-state index is 0.0779. The number of pyridine rings is 1.